The fourth-order valence-electron chi connectivity index (χ4n) is 2.67. The van der Waals surface area contributed by atoms with Crippen LogP contribution in [0.5, 0.6) is 0 Å². The van der Waals surface area contributed by atoms with Gasteiger partial charge in [-0.25, -0.2) is 9.59 Å². The molecule has 0 amide bonds. The highest BCUT2D eigenvalue weighted by molar-refractivity contribution is 5.87. The lowest BCUT2D eigenvalue weighted by Gasteiger charge is -2.44. The molecule has 0 aromatic carbocycles. The monoisotopic (exact) mass is 368 g/mol. The van der Waals surface area contributed by atoms with E-state index in [-0.39, 0.29) is 13.2 Å². The Balaban J connectivity index is 2.65. The molecule has 0 N–H and O–H groups in total. The second-order valence-electron chi connectivity index (χ2n) is 7.88. The van der Waals surface area contributed by atoms with E-state index in [0.717, 1.165) is 12.8 Å². The van der Waals surface area contributed by atoms with Crippen LogP contribution in [0.15, 0.2) is 24.3 Å². The summed E-state index contributed by atoms with van der Waals surface area (Å²) < 4.78 is 22.5. The van der Waals surface area contributed by atoms with Gasteiger partial charge in [0.15, 0.2) is 6.29 Å². The Kier molecular flexibility index (Phi) is 8.03. The molecule has 1 rings (SSSR count). The molecule has 0 saturated carbocycles. The maximum absolute atomic E-state index is 11.7. The summed E-state index contributed by atoms with van der Waals surface area (Å²) in [7, 11) is 0. The van der Waals surface area contributed by atoms with Crippen LogP contribution < -0.4 is 0 Å². The first-order chi connectivity index (χ1) is 12.0. The average molecular weight is 368 g/mol. The minimum absolute atomic E-state index is 0.193. The van der Waals surface area contributed by atoms with Crippen LogP contribution in [0.3, 0.4) is 0 Å². The van der Waals surface area contributed by atoms with Gasteiger partial charge in [-0.2, -0.15) is 0 Å². The summed E-state index contributed by atoms with van der Waals surface area (Å²) >= 11 is 0. The van der Waals surface area contributed by atoms with Gasteiger partial charge in [-0.1, -0.05) is 40.3 Å². The molecule has 0 radical (unpaired) electrons. The summed E-state index contributed by atoms with van der Waals surface area (Å²) in [5.41, 5.74) is -0.168. The van der Waals surface area contributed by atoms with Gasteiger partial charge >= 0.3 is 11.9 Å². The average Bonchev–Trinajstić information content (AvgIpc) is 2.58. The van der Waals surface area contributed by atoms with E-state index < -0.39 is 29.1 Å². The summed E-state index contributed by atoms with van der Waals surface area (Å²) in [6.45, 7) is 17.5. The van der Waals surface area contributed by atoms with Crippen LogP contribution in [0.25, 0.3) is 0 Å². The van der Waals surface area contributed by atoms with E-state index >= 15 is 0 Å². The van der Waals surface area contributed by atoms with Gasteiger partial charge in [0.2, 0.25) is 0 Å². The molecule has 0 aromatic rings. The number of esters is 2. The first-order valence-corrected chi connectivity index (χ1v) is 8.91. The van der Waals surface area contributed by atoms with Crippen molar-refractivity contribution in [3.8, 4) is 0 Å². The summed E-state index contributed by atoms with van der Waals surface area (Å²) in [4.78, 5) is 23.3. The van der Waals surface area contributed by atoms with E-state index in [9.17, 15) is 9.59 Å². The predicted octanol–water partition coefficient (Wildman–Crippen LogP) is 3.41. The second-order valence-corrected chi connectivity index (χ2v) is 7.88. The van der Waals surface area contributed by atoms with Crippen molar-refractivity contribution in [2.24, 2.45) is 10.8 Å². The number of ether oxygens (including phenoxy) is 4. The number of rotatable bonds is 9. The molecule has 0 aliphatic carbocycles. The maximum atomic E-state index is 11.7. The Morgan fingerprint density at radius 1 is 1.12 bits per heavy atom. The molecule has 1 unspecified atom stereocenters. The highest BCUT2D eigenvalue weighted by Gasteiger charge is 2.43. The van der Waals surface area contributed by atoms with Crippen LogP contribution in [0.2, 0.25) is 0 Å². The van der Waals surface area contributed by atoms with E-state index in [1.165, 1.54) is 0 Å². The van der Waals surface area contributed by atoms with E-state index in [0.29, 0.717) is 24.4 Å². The first kappa shape index (κ1) is 22.4. The zero-order valence-corrected chi connectivity index (χ0v) is 16.7. The van der Waals surface area contributed by atoms with Crippen LogP contribution in [-0.2, 0) is 28.5 Å². The third-order valence-electron chi connectivity index (χ3n) is 4.34. The van der Waals surface area contributed by atoms with Crippen LogP contribution in [0.4, 0.5) is 0 Å². The normalized spacial score (nSPS) is 25.0. The predicted molar refractivity (Wildman–Crippen MR) is 98.4 cm³/mol. The van der Waals surface area contributed by atoms with Crippen LogP contribution in [0, 0.1) is 10.8 Å². The molecule has 0 bridgehead atoms. The van der Waals surface area contributed by atoms with Gasteiger partial charge in [0.05, 0.1) is 18.6 Å². The molecule has 148 valence electrons. The van der Waals surface area contributed by atoms with Gasteiger partial charge in [0, 0.05) is 16.6 Å². The van der Waals surface area contributed by atoms with Crippen LogP contribution >= 0.6 is 0 Å². The second kappa shape index (κ2) is 9.33. The summed E-state index contributed by atoms with van der Waals surface area (Å²) in [6, 6.07) is 0. The van der Waals surface area contributed by atoms with Crippen molar-refractivity contribution < 1.29 is 28.5 Å². The fraction of sp³-hybridized carbons (Fsp3) is 0.700. The van der Waals surface area contributed by atoms with Crippen molar-refractivity contribution >= 4 is 11.9 Å². The van der Waals surface area contributed by atoms with Crippen molar-refractivity contribution in [1.82, 2.24) is 0 Å². The largest absolute Gasteiger partial charge is 0.462 e. The molecule has 1 saturated heterocycles. The minimum Gasteiger partial charge on any atom is -0.462 e. The molecule has 1 atom stereocenters. The van der Waals surface area contributed by atoms with Crippen LogP contribution in [0.1, 0.15) is 47.5 Å². The molecule has 6 heteroatoms. The molecular formula is C20H32O6. The fourth-order valence-corrected chi connectivity index (χ4v) is 2.67. The van der Waals surface area contributed by atoms with E-state index in [2.05, 4.69) is 20.1 Å². The molecule has 0 spiro atoms. The minimum atomic E-state index is -0.495. The molecule has 1 heterocycles. The highest BCUT2D eigenvalue weighted by Crippen LogP contribution is 2.37. The Hall–Kier alpha value is -1.66. The smallest absolute Gasteiger partial charge is 0.333 e. The molecule has 1 aliphatic rings. The molecule has 0 aromatic heterocycles. The summed E-state index contributed by atoms with van der Waals surface area (Å²) in [5.74, 6) is -0.837. The first-order valence-electron chi connectivity index (χ1n) is 8.91. The Morgan fingerprint density at radius 3 is 2.08 bits per heavy atom. The lowest BCUT2D eigenvalue weighted by Crippen LogP contribution is -2.50. The van der Waals surface area contributed by atoms with Gasteiger partial charge < -0.3 is 18.9 Å². The van der Waals surface area contributed by atoms with E-state index in [1.54, 1.807) is 13.8 Å². The SMILES string of the molecule is C=C(C)C(=O)OCC1(C)COC(C(C)(CCC)COC(=O)C(=C)C)OC1. The Labute approximate surface area is 156 Å². The third kappa shape index (κ3) is 6.25. The third-order valence-corrected chi connectivity index (χ3v) is 4.34. The van der Waals surface area contributed by atoms with Crippen LogP contribution in [-0.4, -0.2) is 44.7 Å². The van der Waals surface area contributed by atoms with Crippen molar-refractivity contribution in [2.45, 2.75) is 53.8 Å². The van der Waals surface area contributed by atoms with Crippen molar-refractivity contribution in [3.63, 3.8) is 0 Å². The molecule has 1 aliphatic heterocycles. The Morgan fingerprint density at radius 2 is 1.62 bits per heavy atom. The van der Waals surface area contributed by atoms with Gasteiger partial charge in [0.25, 0.3) is 0 Å². The van der Waals surface area contributed by atoms with Crippen molar-refractivity contribution in [1.29, 1.82) is 0 Å². The lowest BCUT2D eigenvalue weighted by atomic mass is 9.84. The standard InChI is InChI=1S/C20H32O6/c1-8-9-20(7,13-24-17(22)15(4)5)18-25-11-19(6,12-26-18)10-23-16(21)14(2)3/h18H,2,4,8-13H2,1,3,5-7H3. The van der Waals surface area contributed by atoms with Gasteiger partial charge in [0.1, 0.15) is 13.2 Å². The Bertz CT molecular complexity index is 545. The quantitative estimate of drug-likeness (QED) is 0.459. The maximum Gasteiger partial charge on any atom is 0.333 e. The highest BCUT2D eigenvalue weighted by atomic mass is 16.7. The van der Waals surface area contributed by atoms with E-state index in [1.807, 2.05) is 13.8 Å². The summed E-state index contributed by atoms with van der Waals surface area (Å²) in [6.07, 6.45) is 1.19. The number of carbonyl (C=O) groups is 2. The van der Waals surface area contributed by atoms with Crippen molar-refractivity contribution in [3.05, 3.63) is 24.3 Å². The number of carbonyl (C=O) groups excluding carboxylic acids is 2. The van der Waals surface area contributed by atoms with Gasteiger partial charge in [-0.15, -0.1) is 0 Å². The molecular weight excluding hydrogens is 336 g/mol. The number of hydrogen-bond acceptors (Lipinski definition) is 6. The van der Waals surface area contributed by atoms with Gasteiger partial charge in [-0.3, -0.25) is 0 Å². The van der Waals surface area contributed by atoms with Gasteiger partial charge in [-0.05, 0) is 20.3 Å². The lowest BCUT2D eigenvalue weighted by molar-refractivity contribution is -0.281. The van der Waals surface area contributed by atoms with Crippen molar-refractivity contribution in [2.75, 3.05) is 26.4 Å². The topological polar surface area (TPSA) is 71.1 Å². The molecule has 6 nitrogen and oxygen atoms in total. The molecule has 26 heavy (non-hydrogen) atoms. The summed E-state index contributed by atoms with van der Waals surface area (Å²) in [5, 5.41) is 0. The molecule has 1 fully saturated rings. The zero-order chi connectivity index (χ0) is 20.0. The zero-order valence-electron chi connectivity index (χ0n) is 16.7. The van der Waals surface area contributed by atoms with E-state index in [4.69, 9.17) is 18.9 Å². The number of hydrogen-bond donors (Lipinski definition) is 0.